The number of halogens is 1. The SMILES string of the molecule is O=C(C=NC(c1ccccc1)c1ccccc1)c1cccc(Cl)c1. The minimum Gasteiger partial charge on any atom is -0.288 e. The zero-order valence-corrected chi connectivity index (χ0v) is 13.7. The van der Waals surface area contributed by atoms with E-state index < -0.39 is 0 Å². The van der Waals surface area contributed by atoms with E-state index in [2.05, 4.69) is 4.99 Å². The van der Waals surface area contributed by atoms with Gasteiger partial charge in [0, 0.05) is 10.6 Å². The van der Waals surface area contributed by atoms with Crippen LogP contribution in [0.25, 0.3) is 0 Å². The van der Waals surface area contributed by atoms with Crippen LogP contribution in [0.4, 0.5) is 0 Å². The van der Waals surface area contributed by atoms with Crippen molar-refractivity contribution >= 4 is 23.6 Å². The van der Waals surface area contributed by atoms with E-state index in [0.717, 1.165) is 11.1 Å². The van der Waals surface area contributed by atoms with Crippen LogP contribution in [0.1, 0.15) is 27.5 Å². The van der Waals surface area contributed by atoms with Crippen molar-refractivity contribution in [3.63, 3.8) is 0 Å². The number of rotatable bonds is 5. The third-order valence-corrected chi connectivity index (χ3v) is 3.92. The lowest BCUT2D eigenvalue weighted by Gasteiger charge is -2.13. The number of carbonyl (C=O) groups is 1. The molecule has 0 aliphatic carbocycles. The van der Waals surface area contributed by atoms with Crippen molar-refractivity contribution in [2.75, 3.05) is 0 Å². The Labute approximate surface area is 146 Å². The molecule has 0 radical (unpaired) electrons. The molecule has 0 aromatic heterocycles. The molecule has 0 saturated heterocycles. The van der Waals surface area contributed by atoms with Crippen LogP contribution in [0.2, 0.25) is 5.02 Å². The summed E-state index contributed by atoms with van der Waals surface area (Å²) in [6, 6.07) is 26.5. The Morgan fingerprint density at radius 3 is 1.96 bits per heavy atom. The molecule has 0 spiro atoms. The first-order valence-corrected chi connectivity index (χ1v) is 8.05. The van der Waals surface area contributed by atoms with Crippen LogP contribution in [0.5, 0.6) is 0 Å². The minimum atomic E-state index is -0.212. The van der Waals surface area contributed by atoms with Crippen molar-refractivity contribution in [3.8, 4) is 0 Å². The summed E-state index contributed by atoms with van der Waals surface area (Å²) in [7, 11) is 0. The number of Topliss-reactive ketones (excluding diaryl/α,β-unsaturated/α-hetero) is 1. The van der Waals surface area contributed by atoms with Gasteiger partial charge < -0.3 is 0 Å². The quantitative estimate of drug-likeness (QED) is 0.455. The second-order valence-corrected chi connectivity index (χ2v) is 5.81. The number of hydrogen-bond donors (Lipinski definition) is 0. The molecular formula is C21H16ClNO. The minimum absolute atomic E-state index is 0.158. The first-order chi connectivity index (χ1) is 11.7. The van der Waals surface area contributed by atoms with E-state index in [1.165, 1.54) is 6.21 Å². The normalized spacial score (nSPS) is 11.1. The summed E-state index contributed by atoms with van der Waals surface area (Å²) >= 11 is 5.95. The van der Waals surface area contributed by atoms with Crippen molar-refractivity contribution in [1.82, 2.24) is 0 Å². The average Bonchev–Trinajstić information content (AvgIpc) is 2.63. The summed E-state index contributed by atoms with van der Waals surface area (Å²) in [6.45, 7) is 0. The Balaban J connectivity index is 1.91. The maximum absolute atomic E-state index is 12.4. The van der Waals surface area contributed by atoms with Gasteiger partial charge in [0.25, 0.3) is 0 Å². The highest BCUT2D eigenvalue weighted by Crippen LogP contribution is 2.25. The van der Waals surface area contributed by atoms with Gasteiger partial charge in [0.05, 0.1) is 6.21 Å². The Kier molecular flexibility index (Phi) is 5.19. The molecular weight excluding hydrogens is 318 g/mol. The molecule has 3 aromatic rings. The third kappa shape index (κ3) is 3.98. The van der Waals surface area contributed by atoms with E-state index >= 15 is 0 Å². The topological polar surface area (TPSA) is 29.4 Å². The predicted octanol–water partition coefficient (Wildman–Crippen LogP) is 5.38. The zero-order chi connectivity index (χ0) is 16.8. The molecule has 0 heterocycles. The van der Waals surface area contributed by atoms with Crippen LogP contribution in [0.3, 0.4) is 0 Å². The lowest BCUT2D eigenvalue weighted by Crippen LogP contribution is -2.04. The molecule has 0 saturated carbocycles. The van der Waals surface area contributed by atoms with Gasteiger partial charge in [0.1, 0.15) is 6.04 Å². The molecule has 0 aliphatic rings. The highest BCUT2D eigenvalue weighted by Gasteiger charge is 2.12. The van der Waals surface area contributed by atoms with Crippen LogP contribution in [0.15, 0.2) is 89.9 Å². The molecule has 0 fully saturated rings. The van der Waals surface area contributed by atoms with Crippen molar-refractivity contribution in [2.45, 2.75) is 6.04 Å². The van der Waals surface area contributed by atoms with Gasteiger partial charge in [-0.05, 0) is 23.3 Å². The molecule has 0 aliphatic heterocycles. The fourth-order valence-corrected chi connectivity index (χ4v) is 2.68. The van der Waals surface area contributed by atoms with Crippen molar-refractivity contribution in [2.24, 2.45) is 4.99 Å². The summed E-state index contributed by atoms with van der Waals surface area (Å²) in [5, 5.41) is 0.539. The summed E-state index contributed by atoms with van der Waals surface area (Å²) in [4.78, 5) is 16.9. The van der Waals surface area contributed by atoms with Gasteiger partial charge >= 0.3 is 0 Å². The van der Waals surface area contributed by atoms with Gasteiger partial charge in [-0.1, -0.05) is 84.4 Å². The smallest absolute Gasteiger partial charge is 0.203 e. The standard InChI is InChI=1S/C21H16ClNO/c22-19-13-7-12-18(14-19)20(24)15-23-21(16-8-3-1-4-9-16)17-10-5-2-6-11-17/h1-15,21H. The van der Waals surface area contributed by atoms with E-state index in [0.29, 0.717) is 10.6 Å². The second kappa shape index (κ2) is 7.71. The van der Waals surface area contributed by atoms with Gasteiger partial charge in [0.15, 0.2) is 0 Å². The maximum atomic E-state index is 12.4. The number of aliphatic imine (C=N–C) groups is 1. The zero-order valence-electron chi connectivity index (χ0n) is 13.0. The summed E-state index contributed by atoms with van der Waals surface area (Å²) in [6.07, 6.45) is 1.39. The van der Waals surface area contributed by atoms with Crippen LogP contribution < -0.4 is 0 Å². The number of nitrogens with zero attached hydrogens (tertiary/aromatic N) is 1. The molecule has 3 aromatic carbocycles. The second-order valence-electron chi connectivity index (χ2n) is 5.38. The molecule has 0 N–H and O–H groups in total. The summed E-state index contributed by atoms with van der Waals surface area (Å²) in [5.41, 5.74) is 2.61. The molecule has 24 heavy (non-hydrogen) atoms. The molecule has 0 unspecified atom stereocenters. The predicted molar refractivity (Wildman–Crippen MR) is 99.0 cm³/mol. The van der Waals surface area contributed by atoms with Crippen LogP contribution >= 0.6 is 11.6 Å². The fraction of sp³-hybridized carbons (Fsp3) is 0.0476. The lowest BCUT2D eigenvalue weighted by molar-refractivity contribution is 0.107. The maximum Gasteiger partial charge on any atom is 0.203 e. The highest BCUT2D eigenvalue weighted by atomic mass is 35.5. The van der Waals surface area contributed by atoms with E-state index in [1.54, 1.807) is 24.3 Å². The summed E-state index contributed by atoms with van der Waals surface area (Å²) < 4.78 is 0. The highest BCUT2D eigenvalue weighted by molar-refractivity contribution is 6.36. The Hall–Kier alpha value is -2.71. The number of carbonyl (C=O) groups excluding carboxylic acids is 1. The Morgan fingerprint density at radius 2 is 1.42 bits per heavy atom. The van der Waals surface area contributed by atoms with E-state index in [9.17, 15) is 4.79 Å². The van der Waals surface area contributed by atoms with Crippen LogP contribution in [0, 0.1) is 0 Å². The monoisotopic (exact) mass is 333 g/mol. The molecule has 118 valence electrons. The first kappa shape index (κ1) is 16.2. The Bertz CT molecular complexity index is 804. The number of benzene rings is 3. The molecule has 0 bridgehead atoms. The molecule has 0 atom stereocenters. The molecule has 3 heteroatoms. The first-order valence-electron chi connectivity index (χ1n) is 7.67. The number of ketones is 1. The molecule has 2 nitrogen and oxygen atoms in total. The van der Waals surface area contributed by atoms with Gasteiger partial charge in [-0.2, -0.15) is 0 Å². The molecule has 0 amide bonds. The number of hydrogen-bond acceptors (Lipinski definition) is 2. The van der Waals surface area contributed by atoms with Crippen LogP contribution in [-0.4, -0.2) is 12.0 Å². The van der Waals surface area contributed by atoms with Crippen LogP contribution in [-0.2, 0) is 0 Å². The van der Waals surface area contributed by atoms with Crippen molar-refractivity contribution in [3.05, 3.63) is 107 Å². The largest absolute Gasteiger partial charge is 0.288 e. The van der Waals surface area contributed by atoms with Gasteiger partial charge in [0.2, 0.25) is 5.78 Å². The summed E-state index contributed by atoms with van der Waals surface area (Å²) in [5.74, 6) is -0.158. The fourth-order valence-electron chi connectivity index (χ4n) is 2.49. The van der Waals surface area contributed by atoms with Crippen molar-refractivity contribution < 1.29 is 4.79 Å². The van der Waals surface area contributed by atoms with E-state index in [-0.39, 0.29) is 11.8 Å². The third-order valence-electron chi connectivity index (χ3n) is 3.68. The van der Waals surface area contributed by atoms with E-state index in [1.807, 2.05) is 60.7 Å². The average molecular weight is 334 g/mol. The van der Waals surface area contributed by atoms with Gasteiger partial charge in [-0.15, -0.1) is 0 Å². The lowest BCUT2D eigenvalue weighted by atomic mass is 9.99. The molecule has 3 rings (SSSR count). The van der Waals surface area contributed by atoms with Gasteiger partial charge in [-0.3, -0.25) is 9.79 Å². The van der Waals surface area contributed by atoms with E-state index in [4.69, 9.17) is 11.6 Å². The van der Waals surface area contributed by atoms with Crippen molar-refractivity contribution in [1.29, 1.82) is 0 Å². The van der Waals surface area contributed by atoms with Gasteiger partial charge in [-0.25, -0.2) is 0 Å². The Morgan fingerprint density at radius 1 is 0.833 bits per heavy atom.